The van der Waals surface area contributed by atoms with Crippen LogP contribution in [0, 0.1) is 10.1 Å². The van der Waals surface area contributed by atoms with Gasteiger partial charge in [0.2, 0.25) is 0 Å². The summed E-state index contributed by atoms with van der Waals surface area (Å²) in [5.41, 5.74) is -0.160. The summed E-state index contributed by atoms with van der Waals surface area (Å²) in [6.07, 6.45) is 4.65. The van der Waals surface area contributed by atoms with E-state index in [0.29, 0.717) is 0 Å². The summed E-state index contributed by atoms with van der Waals surface area (Å²) in [5.74, 6) is 0. The van der Waals surface area contributed by atoms with Crippen molar-refractivity contribution in [2.45, 2.75) is 0 Å². The normalized spacial score (nSPS) is 11.7. The maximum Gasteiger partial charge on any atom is 0.346 e. The number of rotatable bonds is 3. The zero-order valence-corrected chi connectivity index (χ0v) is 14.9. The number of H-pyrrole nitrogens is 1. The highest BCUT2D eigenvalue weighted by molar-refractivity contribution is 6.08. The van der Waals surface area contributed by atoms with Gasteiger partial charge >= 0.3 is 11.2 Å². The Hall–Kier alpha value is -4.33. The number of nitrogens with one attached hydrogen (secondary N) is 1. The van der Waals surface area contributed by atoms with Crippen molar-refractivity contribution in [1.82, 2.24) is 19.8 Å². The molecule has 0 radical (unpaired) electrons. The zero-order chi connectivity index (χ0) is 20.0. The first-order valence-corrected chi connectivity index (χ1v) is 8.82. The molecule has 8 heteroatoms. The second kappa shape index (κ2) is 6.38. The van der Waals surface area contributed by atoms with E-state index in [9.17, 15) is 14.9 Å². The molecular formula is C21H13N5O3. The van der Waals surface area contributed by atoms with Crippen LogP contribution in [0.25, 0.3) is 39.3 Å². The van der Waals surface area contributed by atoms with Crippen LogP contribution in [0.1, 0.15) is 11.1 Å². The molecule has 5 rings (SSSR count). The Morgan fingerprint density at radius 2 is 1.59 bits per heavy atom. The largest absolute Gasteiger partial charge is 0.346 e. The van der Waals surface area contributed by atoms with Crippen molar-refractivity contribution in [1.29, 1.82) is 0 Å². The van der Waals surface area contributed by atoms with Gasteiger partial charge < -0.3 is 0 Å². The smallest absolute Gasteiger partial charge is 0.260 e. The van der Waals surface area contributed by atoms with Crippen molar-refractivity contribution < 1.29 is 4.92 Å². The maximum absolute atomic E-state index is 12.2. The van der Waals surface area contributed by atoms with Gasteiger partial charge in [-0.1, -0.05) is 54.6 Å². The summed E-state index contributed by atoms with van der Waals surface area (Å²) < 4.78 is 1.27. The fourth-order valence-electron chi connectivity index (χ4n) is 3.62. The van der Waals surface area contributed by atoms with Gasteiger partial charge in [-0.15, -0.1) is 10.2 Å². The van der Waals surface area contributed by atoms with Gasteiger partial charge in [0.05, 0.1) is 4.92 Å². The van der Waals surface area contributed by atoms with Crippen LogP contribution in [0.5, 0.6) is 0 Å². The van der Waals surface area contributed by atoms with Gasteiger partial charge in [-0.05, 0) is 39.3 Å². The van der Waals surface area contributed by atoms with E-state index in [2.05, 4.69) is 21.4 Å². The number of nitrogens with zero attached hydrogens (tertiary/aromatic N) is 4. The molecule has 0 bridgehead atoms. The summed E-state index contributed by atoms with van der Waals surface area (Å²) >= 11 is 0. The van der Waals surface area contributed by atoms with Crippen LogP contribution in [-0.4, -0.2) is 24.7 Å². The monoisotopic (exact) mass is 383 g/mol. The third-order valence-electron chi connectivity index (χ3n) is 4.89. The van der Waals surface area contributed by atoms with Crippen molar-refractivity contribution in [3.05, 3.63) is 92.5 Å². The van der Waals surface area contributed by atoms with Gasteiger partial charge in [0.1, 0.15) is 11.9 Å². The van der Waals surface area contributed by atoms with Gasteiger partial charge in [-0.3, -0.25) is 20.0 Å². The van der Waals surface area contributed by atoms with E-state index in [1.165, 1.54) is 10.8 Å². The number of aromatic nitrogens is 4. The molecule has 0 aliphatic carbocycles. The summed E-state index contributed by atoms with van der Waals surface area (Å²) in [6, 6.07) is 18.0. The molecule has 0 amide bonds. The first-order chi connectivity index (χ1) is 14.1. The second-order valence-corrected chi connectivity index (χ2v) is 6.55. The molecule has 0 spiro atoms. The molecule has 8 nitrogen and oxygen atoms in total. The number of nitro groups is 1. The van der Waals surface area contributed by atoms with Gasteiger partial charge in [0, 0.05) is 0 Å². The van der Waals surface area contributed by atoms with E-state index in [1.807, 2.05) is 48.5 Å². The summed E-state index contributed by atoms with van der Waals surface area (Å²) in [4.78, 5) is 23.1. The molecule has 0 aliphatic heterocycles. The molecule has 0 fully saturated rings. The Bertz CT molecular complexity index is 1460. The minimum Gasteiger partial charge on any atom is -0.260 e. The molecule has 29 heavy (non-hydrogen) atoms. The van der Waals surface area contributed by atoms with Gasteiger partial charge in [0.15, 0.2) is 5.65 Å². The van der Waals surface area contributed by atoms with Crippen molar-refractivity contribution >= 4 is 45.0 Å². The highest BCUT2D eigenvalue weighted by atomic mass is 16.6. The van der Waals surface area contributed by atoms with Crippen LogP contribution < -0.4 is 5.56 Å². The molecule has 1 N–H and O–H groups in total. The van der Waals surface area contributed by atoms with E-state index >= 15 is 0 Å². The van der Waals surface area contributed by atoms with E-state index in [0.717, 1.165) is 27.1 Å². The predicted molar refractivity (Wildman–Crippen MR) is 111 cm³/mol. The standard InChI is InChI=1S/C21H13N5O3/c27-21-19(26(28)29)18(20-23-22-12-25(20)24-21)10-9-17-15-7-3-1-5-13(15)11-14-6-2-4-8-16(14)17/h1-12H,(H,24,27). The Balaban J connectivity index is 1.83. The maximum atomic E-state index is 12.2. The highest BCUT2D eigenvalue weighted by Crippen LogP contribution is 2.30. The Kier molecular flexibility index (Phi) is 3.70. The second-order valence-electron chi connectivity index (χ2n) is 6.55. The average molecular weight is 383 g/mol. The quantitative estimate of drug-likeness (QED) is 0.290. The fourth-order valence-corrected chi connectivity index (χ4v) is 3.62. The molecule has 5 aromatic rings. The Labute approximate surface area is 162 Å². The van der Waals surface area contributed by atoms with Crippen LogP contribution in [0.3, 0.4) is 0 Å². The minimum atomic E-state index is -0.815. The molecule has 0 unspecified atom stereocenters. The van der Waals surface area contributed by atoms with Crippen LogP contribution in [0.2, 0.25) is 0 Å². The highest BCUT2D eigenvalue weighted by Gasteiger charge is 2.22. The van der Waals surface area contributed by atoms with Crippen LogP contribution >= 0.6 is 0 Å². The molecule has 2 aromatic heterocycles. The van der Waals surface area contributed by atoms with Crippen LogP contribution in [0.15, 0.2) is 65.7 Å². The lowest BCUT2D eigenvalue weighted by Crippen LogP contribution is -2.17. The molecule has 0 saturated heterocycles. The van der Waals surface area contributed by atoms with E-state index in [4.69, 9.17) is 0 Å². The molecule has 0 atom stereocenters. The average Bonchev–Trinajstić information content (AvgIpc) is 3.18. The third-order valence-corrected chi connectivity index (χ3v) is 4.89. The molecule has 3 aromatic carbocycles. The number of aromatic amines is 1. The van der Waals surface area contributed by atoms with E-state index < -0.39 is 16.2 Å². The number of fused-ring (bicyclic) bond motifs is 3. The fraction of sp³-hybridized carbons (Fsp3) is 0. The van der Waals surface area contributed by atoms with Crippen molar-refractivity contribution in [3.8, 4) is 0 Å². The zero-order valence-electron chi connectivity index (χ0n) is 14.9. The molecule has 0 saturated carbocycles. The molecule has 140 valence electrons. The van der Waals surface area contributed by atoms with Crippen molar-refractivity contribution in [2.75, 3.05) is 0 Å². The predicted octanol–water partition coefficient (Wildman–Crippen LogP) is 3.80. The van der Waals surface area contributed by atoms with E-state index in [-0.39, 0.29) is 11.2 Å². The van der Waals surface area contributed by atoms with Crippen LogP contribution in [-0.2, 0) is 0 Å². The van der Waals surface area contributed by atoms with Crippen LogP contribution in [0.4, 0.5) is 5.69 Å². The summed E-state index contributed by atoms with van der Waals surface area (Å²) in [5, 5.41) is 25.7. The molecule has 2 heterocycles. The number of hydrogen-bond donors (Lipinski definition) is 1. The SMILES string of the molecule is O=c1[nH]n2cnnc2c(C=Cc2c3ccccc3cc3ccccc23)c1[N+](=O)[O-]. The number of benzene rings is 3. The Morgan fingerprint density at radius 1 is 0.966 bits per heavy atom. The van der Waals surface area contributed by atoms with Gasteiger partial charge in [0.25, 0.3) is 0 Å². The lowest BCUT2D eigenvalue weighted by molar-refractivity contribution is -0.386. The lowest BCUT2D eigenvalue weighted by Gasteiger charge is -2.08. The third kappa shape index (κ3) is 2.66. The van der Waals surface area contributed by atoms with Crippen molar-refractivity contribution in [2.24, 2.45) is 0 Å². The Morgan fingerprint density at radius 3 is 2.24 bits per heavy atom. The number of hydrogen-bond acceptors (Lipinski definition) is 5. The van der Waals surface area contributed by atoms with E-state index in [1.54, 1.807) is 12.2 Å². The summed E-state index contributed by atoms with van der Waals surface area (Å²) in [7, 11) is 0. The first-order valence-electron chi connectivity index (χ1n) is 8.82. The topological polar surface area (TPSA) is 106 Å². The first kappa shape index (κ1) is 16.8. The van der Waals surface area contributed by atoms with Crippen molar-refractivity contribution in [3.63, 3.8) is 0 Å². The molecular weight excluding hydrogens is 370 g/mol. The minimum absolute atomic E-state index is 0.105. The molecule has 0 aliphatic rings. The lowest BCUT2D eigenvalue weighted by atomic mass is 9.96. The van der Waals surface area contributed by atoms with Gasteiger partial charge in [-0.2, -0.15) is 0 Å². The van der Waals surface area contributed by atoms with Gasteiger partial charge in [-0.25, -0.2) is 4.52 Å². The summed E-state index contributed by atoms with van der Waals surface area (Å²) in [6.45, 7) is 0.